The van der Waals surface area contributed by atoms with Crippen LogP contribution in [0.15, 0.2) is 12.1 Å². The molecule has 0 bridgehead atoms. The Morgan fingerprint density at radius 2 is 1.98 bits per heavy atom. The number of ether oxygens (including phenoxy) is 2. The number of carbonyl (C=O) groups is 1. The first-order valence-corrected chi connectivity index (χ1v) is 15.7. The Morgan fingerprint density at radius 3 is 2.68 bits per heavy atom. The number of nitrogen functional groups attached to an aromatic ring is 1. The Labute approximate surface area is 271 Å². The number of ketones is 1. The highest BCUT2D eigenvalue weighted by Gasteiger charge is 2.52. The van der Waals surface area contributed by atoms with E-state index in [1.807, 2.05) is 9.80 Å². The van der Waals surface area contributed by atoms with Gasteiger partial charge in [0.15, 0.2) is 11.6 Å². The minimum atomic E-state index is -5.02. The fourth-order valence-corrected chi connectivity index (χ4v) is 7.86. The van der Waals surface area contributed by atoms with Crippen molar-refractivity contribution in [1.82, 2.24) is 19.9 Å². The van der Waals surface area contributed by atoms with Crippen LogP contribution >= 0.6 is 11.6 Å². The van der Waals surface area contributed by atoms with Crippen molar-refractivity contribution < 1.29 is 41.3 Å². The third-order valence-corrected chi connectivity index (χ3v) is 10.3. The van der Waals surface area contributed by atoms with E-state index in [1.165, 1.54) is 0 Å². The Hall–Kier alpha value is -3.56. The molecular weight excluding hydrogens is 651 g/mol. The number of hydrogen-bond donors (Lipinski definition) is 2. The number of aliphatic hydroxyl groups is 1. The molecule has 5 heterocycles. The van der Waals surface area contributed by atoms with E-state index in [-0.39, 0.29) is 54.8 Å². The number of anilines is 2. The molecule has 3 aliphatic heterocycles. The van der Waals surface area contributed by atoms with Crippen molar-refractivity contribution in [2.75, 3.05) is 44.0 Å². The molecule has 10 nitrogen and oxygen atoms in total. The summed E-state index contributed by atoms with van der Waals surface area (Å²) >= 11 is 6.01. The van der Waals surface area contributed by atoms with Crippen LogP contribution in [0.3, 0.4) is 0 Å². The van der Waals surface area contributed by atoms with Crippen LogP contribution in [-0.4, -0.2) is 87.4 Å². The van der Waals surface area contributed by atoms with Gasteiger partial charge in [-0.05, 0) is 44.4 Å². The maximum Gasteiger partial charge on any atom is 0.418 e. The zero-order chi connectivity index (χ0) is 33.5. The van der Waals surface area contributed by atoms with E-state index >= 15 is 4.39 Å². The molecule has 4 aliphatic rings. The van der Waals surface area contributed by atoms with Crippen LogP contribution in [0.25, 0.3) is 22.2 Å². The second-order valence-corrected chi connectivity index (χ2v) is 13.5. The normalized spacial score (nSPS) is 25.1. The number of rotatable bonds is 7. The molecule has 3 atom stereocenters. The number of hydrogen-bond acceptors (Lipinski definition) is 10. The number of halogens is 6. The van der Waals surface area contributed by atoms with Crippen molar-refractivity contribution in [3.8, 4) is 23.1 Å². The fraction of sp³-hybridized carbons (Fsp3) is 0.548. The van der Waals surface area contributed by atoms with E-state index in [0.717, 1.165) is 18.6 Å². The molecule has 1 saturated carbocycles. The van der Waals surface area contributed by atoms with Gasteiger partial charge in [0.05, 0.1) is 16.1 Å². The minimum Gasteiger partial charge on any atom is -0.473 e. The first-order chi connectivity index (χ1) is 22.2. The molecule has 47 heavy (non-hydrogen) atoms. The second kappa shape index (κ2) is 11.3. The molecule has 1 aliphatic carbocycles. The number of aliphatic hydroxyl groups excluding tert-OH is 1. The van der Waals surface area contributed by atoms with E-state index < -0.39 is 75.1 Å². The predicted molar refractivity (Wildman–Crippen MR) is 162 cm³/mol. The van der Waals surface area contributed by atoms with Crippen molar-refractivity contribution in [3.63, 3.8) is 0 Å². The molecule has 1 aromatic carbocycles. The molecule has 3 aromatic rings. The van der Waals surface area contributed by atoms with E-state index in [1.54, 1.807) is 7.05 Å². The summed E-state index contributed by atoms with van der Waals surface area (Å²) in [4.78, 5) is 29.4. The fourth-order valence-electron chi connectivity index (χ4n) is 7.53. The van der Waals surface area contributed by atoms with Crippen molar-refractivity contribution >= 4 is 39.8 Å². The number of nitrogens with zero attached hydrogens (tertiary/aromatic N) is 5. The number of benzene rings is 1. The molecule has 3 N–H and O–H groups in total. The van der Waals surface area contributed by atoms with Gasteiger partial charge < -0.3 is 25.2 Å². The summed E-state index contributed by atoms with van der Waals surface area (Å²) in [5, 5.41) is 8.67. The topological polar surface area (TPSA) is 127 Å². The highest BCUT2D eigenvalue weighted by Crippen LogP contribution is 2.52. The molecule has 3 fully saturated rings. The highest BCUT2D eigenvalue weighted by atomic mass is 35.5. The highest BCUT2D eigenvalue weighted by molar-refractivity contribution is 6.32. The molecule has 2 aromatic heterocycles. The Balaban J connectivity index is 1.43. The van der Waals surface area contributed by atoms with Gasteiger partial charge in [0, 0.05) is 49.6 Å². The van der Waals surface area contributed by atoms with Crippen molar-refractivity contribution in [3.05, 3.63) is 28.5 Å². The summed E-state index contributed by atoms with van der Waals surface area (Å²) in [7, 11) is 1.74. The van der Waals surface area contributed by atoms with E-state index in [4.69, 9.17) is 26.8 Å². The lowest BCUT2D eigenvalue weighted by Crippen LogP contribution is -2.44. The number of nitrogens with two attached hydrogens (primary N) is 1. The van der Waals surface area contributed by atoms with E-state index in [2.05, 4.69) is 15.0 Å². The monoisotopic (exact) mass is 682 g/mol. The summed E-state index contributed by atoms with van der Waals surface area (Å²) in [5.74, 6) is -1.86. The number of fused-ring (bicyclic) bond motifs is 1. The van der Waals surface area contributed by atoms with Gasteiger partial charge in [-0.25, -0.2) is 13.8 Å². The molecule has 1 spiro atoms. The van der Waals surface area contributed by atoms with Gasteiger partial charge in [-0.2, -0.15) is 23.1 Å². The summed E-state index contributed by atoms with van der Waals surface area (Å²) in [5.41, 5.74) is 1.29. The van der Waals surface area contributed by atoms with Crippen LogP contribution in [0.2, 0.25) is 5.02 Å². The second-order valence-electron chi connectivity index (χ2n) is 13.0. The third-order valence-electron chi connectivity index (χ3n) is 9.97. The summed E-state index contributed by atoms with van der Waals surface area (Å²) in [6, 6.07) is 1.59. The smallest absolute Gasteiger partial charge is 0.418 e. The van der Waals surface area contributed by atoms with Crippen LogP contribution in [0.5, 0.6) is 11.9 Å². The van der Waals surface area contributed by atoms with Crippen LogP contribution in [0, 0.1) is 5.82 Å². The van der Waals surface area contributed by atoms with Crippen molar-refractivity contribution in [1.29, 1.82) is 0 Å². The van der Waals surface area contributed by atoms with Crippen molar-refractivity contribution in [2.24, 2.45) is 0 Å². The number of pyridine rings is 1. The third kappa shape index (κ3) is 5.49. The zero-order valence-corrected chi connectivity index (χ0v) is 26.1. The van der Waals surface area contributed by atoms with Crippen LogP contribution in [0.4, 0.5) is 33.5 Å². The first-order valence-electron chi connectivity index (χ1n) is 15.4. The summed E-state index contributed by atoms with van der Waals surface area (Å²) in [6.45, 7) is 0.296. The largest absolute Gasteiger partial charge is 0.473 e. The maximum atomic E-state index is 16.7. The number of Topliss-reactive ketones (excluding diaryl/α,β-unsaturated/α-hetero) is 1. The molecule has 0 amide bonds. The molecule has 252 valence electrons. The minimum absolute atomic E-state index is 0.0255. The average Bonchev–Trinajstić information content (AvgIpc) is 3.57. The lowest BCUT2D eigenvalue weighted by Gasteiger charge is -2.36. The number of alkyl halides is 4. The van der Waals surface area contributed by atoms with Gasteiger partial charge in [-0.1, -0.05) is 11.6 Å². The lowest BCUT2D eigenvalue weighted by atomic mass is 9.95. The zero-order valence-electron chi connectivity index (χ0n) is 25.3. The Morgan fingerprint density at radius 1 is 1.21 bits per heavy atom. The Kier molecular flexibility index (Phi) is 7.67. The molecular formula is C31H32ClF5N6O4. The maximum absolute atomic E-state index is 16.7. The summed E-state index contributed by atoms with van der Waals surface area (Å²) in [6.07, 6.45) is -3.62. The van der Waals surface area contributed by atoms with Crippen LogP contribution in [-0.2, 0) is 11.0 Å². The van der Waals surface area contributed by atoms with E-state index in [9.17, 15) is 27.5 Å². The Bertz CT molecular complexity index is 1770. The standard InChI is InChI=1S/C31H32ClF5N6O4/c1-42-26-21-25(40-28(41-26)46-14-30-3-2-6-43(30)12-15(33)10-30)23(34)24(19-7-16(38)8-20(32)22(19)31(35,36)37)39-27(21)47-18(9-17(45)13-44)11-29(42)4-5-29/h7-8,15,18,44H,2-6,9-14,38H2,1H3/t15-,18?,30+/m1/s1. The molecule has 1 unspecified atom stereocenters. The van der Waals surface area contributed by atoms with Gasteiger partial charge in [0.1, 0.15) is 47.9 Å². The van der Waals surface area contributed by atoms with Crippen LogP contribution < -0.4 is 20.1 Å². The van der Waals surface area contributed by atoms with Crippen molar-refractivity contribution in [2.45, 2.75) is 74.5 Å². The van der Waals surface area contributed by atoms with Gasteiger partial charge in [-0.3, -0.25) is 9.69 Å². The van der Waals surface area contributed by atoms with E-state index in [0.29, 0.717) is 32.2 Å². The van der Waals surface area contributed by atoms with Crippen LogP contribution in [0.1, 0.15) is 50.5 Å². The molecule has 7 rings (SSSR count). The molecule has 0 radical (unpaired) electrons. The van der Waals surface area contributed by atoms with Gasteiger partial charge in [-0.15, -0.1) is 0 Å². The number of aromatic nitrogens is 3. The SMILES string of the molecule is CN1c2nc(OC[C@@]34CCCN3C[C@H](F)C4)nc3c(F)c(-c4cc(N)cc(Cl)c4C(F)(F)F)nc(c23)OC(CC(=O)CO)CC12CC2. The lowest BCUT2D eigenvalue weighted by molar-refractivity contribution is -0.137. The predicted octanol–water partition coefficient (Wildman–Crippen LogP) is 5.11. The quantitative estimate of drug-likeness (QED) is 0.256. The summed E-state index contributed by atoms with van der Waals surface area (Å²) < 4.78 is 86.5. The van der Waals surface area contributed by atoms with Gasteiger partial charge in [0.25, 0.3) is 0 Å². The van der Waals surface area contributed by atoms with Gasteiger partial charge >= 0.3 is 12.2 Å². The van der Waals surface area contributed by atoms with Gasteiger partial charge in [0.2, 0.25) is 5.88 Å². The number of carbonyl (C=O) groups excluding carboxylic acids is 1. The molecule has 16 heteroatoms. The first kappa shape index (κ1) is 32.0. The average molecular weight is 683 g/mol. The molecule has 2 saturated heterocycles.